The lowest BCUT2D eigenvalue weighted by Gasteiger charge is -2.40. The van der Waals surface area contributed by atoms with Crippen molar-refractivity contribution in [2.45, 2.75) is 448 Å². The first-order valence-corrected chi connectivity index (χ1v) is 39.6. The van der Waals surface area contributed by atoms with Crippen molar-refractivity contribution in [1.29, 1.82) is 0 Å². The minimum absolute atomic E-state index is 0.00881. The number of nitrogens with one attached hydrogen (secondary N) is 1. The third-order valence-corrected chi connectivity index (χ3v) is 19.1. The second kappa shape index (κ2) is 68.5. The normalized spacial score (nSPS) is 17.7. The van der Waals surface area contributed by atoms with Crippen molar-refractivity contribution in [1.82, 2.24) is 5.32 Å². The van der Waals surface area contributed by atoms with Crippen molar-refractivity contribution < 1.29 is 49.3 Å². The van der Waals surface area contributed by atoms with Crippen molar-refractivity contribution in [3.8, 4) is 0 Å². The number of hydrogen-bond acceptors (Lipinski definition) is 10. The molecule has 11 nitrogen and oxygen atoms in total. The third-order valence-electron chi connectivity index (χ3n) is 19.1. The lowest BCUT2D eigenvalue weighted by Crippen LogP contribution is -2.60. The predicted octanol–water partition coefficient (Wildman–Crippen LogP) is 21.1. The lowest BCUT2D eigenvalue weighted by molar-refractivity contribution is -0.302. The first-order valence-electron chi connectivity index (χ1n) is 39.6. The molecular formula is C79H151NO10. The van der Waals surface area contributed by atoms with E-state index in [1.54, 1.807) is 6.08 Å². The Bertz CT molecular complexity index is 1540. The van der Waals surface area contributed by atoms with Crippen LogP contribution in [0.3, 0.4) is 0 Å². The van der Waals surface area contributed by atoms with E-state index in [0.29, 0.717) is 19.4 Å². The van der Waals surface area contributed by atoms with Crippen LogP contribution in [0.1, 0.15) is 406 Å². The number of rotatable bonds is 71. The zero-order chi connectivity index (χ0) is 65.1. The topological polar surface area (TPSA) is 175 Å². The molecule has 0 aromatic heterocycles. The molecule has 532 valence electrons. The SMILES string of the molecule is CCCCC/C=C\CCCCCCCC(=O)OCCCCCCCCCCCCCCCCCCCCCCCCCCCCCCCCCCCCCCCCCC(=O)NC(COC1OC(CO)C(O)C(O)C1O)C(O)/C=C/CCCCCCCCCCC. The van der Waals surface area contributed by atoms with Crippen LogP contribution in [0.4, 0.5) is 0 Å². The highest BCUT2D eigenvalue weighted by atomic mass is 16.7. The zero-order valence-corrected chi connectivity index (χ0v) is 59.4. The van der Waals surface area contributed by atoms with E-state index in [1.807, 2.05) is 6.08 Å². The van der Waals surface area contributed by atoms with Crippen LogP contribution in [0.2, 0.25) is 0 Å². The highest BCUT2D eigenvalue weighted by Gasteiger charge is 2.44. The average Bonchev–Trinajstić information content (AvgIpc) is 0.982. The number of carbonyl (C=O) groups excluding carboxylic acids is 2. The van der Waals surface area contributed by atoms with Gasteiger partial charge in [0.2, 0.25) is 5.91 Å². The van der Waals surface area contributed by atoms with Gasteiger partial charge in [0, 0.05) is 12.8 Å². The Balaban J connectivity index is 1.86. The molecule has 0 spiro atoms. The maximum Gasteiger partial charge on any atom is 0.305 e. The molecule has 1 heterocycles. The third kappa shape index (κ3) is 56.5. The molecule has 0 aliphatic carbocycles. The molecule has 1 aliphatic rings. The fraction of sp³-hybridized carbons (Fsp3) is 0.924. The summed E-state index contributed by atoms with van der Waals surface area (Å²) in [7, 11) is 0. The van der Waals surface area contributed by atoms with E-state index in [1.165, 1.54) is 321 Å². The Kier molecular flexibility index (Phi) is 65.6. The van der Waals surface area contributed by atoms with Crippen molar-refractivity contribution >= 4 is 11.9 Å². The van der Waals surface area contributed by atoms with Crippen molar-refractivity contribution in [3.05, 3.63) is 24.3 Å². The van der Waals surface area contributed by atoms with Crippen molar-refractivity contribution in [3.63, 3.8) is 0 Å². The fourth-order valence-electron chi connectivity index (χ4n) is 12.8. The van der Waals surface area contributed by atoms with Crippen molar-refractivity contribution in [2.24, 2.45) is 0 Å². The second-order valence-electron chi connectivity index (χ2n) is 27.8. The molecule has 0 aromatic rings. The van der Waals surface area contributed by atoms with E-state index in [9.17, 15) is 35.1 Å². The minimum Gasteiger partial charge on any atom is -0.466 e. The number of allylic oxidation sites excluding steroid dienone is 3. The van der Waals surface area contributed by atoms with Crippen LogP contribution in [0.5, 0.6) is 0 Å². The maximum atomic E-state index is 13.1. The molecule has 11 heteroatoms. The highest BCUT2D eigenvalue weighted by molar-refractivity contribution is 5.76. The van der Waals surface area contributed by atoms with E-state index in [-0.39, 0.29) is 18.5 Å². The summed E-state index contributed by atoms with van der Waals surface area (Å²) in [6, 6.07) is -0.804. The molecular weight excluding hydrogens is 1120 g/mol. The summed E-state index contributed by atoms with van der Waals surface area (Å²) in [5, 5.41) is 54.5. The Morgan fingerprint density at radius 1 is 0.400 bits per heavy atom. The number of esters is 1. The number of aliphatic hydroxyl groups is 5. The molecule has 7 unspecified atom stereocenters. The molecule has 7 atom stereocenters. The summed E-state index contributed by atoms with van der Waals surface area (Å²) in [5.41, 5.74) is 0. The number of amides is 1. The van der Waals surface area contributed by atoms with Gasteiger partial charge in [-0.15, -0.1) is 0 Å². The van der Waals surface area contributed by atoms with Gasteiger partial charge in [0.25, 0.3) is 0 Å². The average molecular weight is 1280 g/mol. The molecule has 1 saturated heterocycles. The van der Waals surface area contributed by atoms with Crippen LogP contribution >= 0.6 is 0 Å². The van der Waals surface area contributed by atoms with Gasteiger partial charge in [-0.25, -0.2) is 0 Å². The van der Waals surface area contributed by atoms with E-state index in [2.05, 4.69) is 31.3 Å². The van der Waals surface area contributed by atoms with E-state index in [4.69, 9.17) is 14.2 Å². The molecule has 1 fully saturated rings. The Labute approximate surface area is 556 Å². The van der Waals surface area contributed by atoms with Gasteiger partial charge in [-0.05, 0) is 57.8 Å². The Morgan fingerprint density at radius 3 is 1.09 bits per heavy atom. The molecule has 6 N–H and O–H groups in total. The zero-order valence-electron chi connectivity index (χ0n) is 59.4. The van der Waals surface area contributed by atoms with Gasteiger partial charge in [0.15, 0.2) is 6.29 Å². The molecule has 0 saturated carbocycles. The minimum atomic E-state index is -1.57. The summed E-state index contributed by atoms with van der Waals surface area (Å²) in [5.74, 6) is -0.165. The number of aliphatic hydroxyl groups excluding tert-OH is 5. The quantitative estimate of drug-likeness (QED) is 0.0195. The smallest absolute Gasteiger partial charge is 0.305 e. The molecule has 1 amide bonds. The van der Waals surface area contributed by atoms with Crippen LogP contribution in [-0.4, -0.2) is 100 Å². The van der Waals surface area contributed by atoms with Crippen molar-refractivity contribution in [2.75, 3.05) is 19.8 Å². The number of ether oxygens (including phenoxy) is 3. The van der Waals surface area contributed by atoms with Gasteiger partial charge in [0.1, 0.15) is 24.4 Å². The molecule has 1 rings (SSSR count). The first kappa shape index (κ1) is 86.2. The Morgan fingerprint density at radius 2 is 0.711 bits per heavy atom. The fourth-order valence-corrected chi connectivity index (χ4v) is 12.8. The summed E-state index contributed by atoms with van der Waals surface area (Å²) < 4.78 is 16.7. The largest absolute Gasteiger partial charge is 0.466 e. The molecule has 0 bridgehead atoms. The monoisotopic (exact) mass is 1270 g/mol. The van der Waals surface area contributed by atoms with Gasteiger partial charge in [-0.2, -0.15) is 0 Å². The highest BCUT2D eigenvalue weighted by Crippen LogP contribution is 2.24. The Hall–Kier alpha value is -1.86. The number of unbranched alkanes of at least 4 members (excludes halogenated alkanes) is 55. The second-order valence-corrected chi connectivity index (χ2v) is 27.8. The number of carbonyl (C=O) groups is 2. The van der Waals surface area contributed by atoms with Gasteiger partial charge in [-0.1, -0.05) is 359 Å². The van der Waals surface area contributed by atoms with E-state index >= 15 is 0 Å². The summed E-state index contributed by atoms with van der Waals surface area (Å²) in [6.07, 6.45) is 78.0. The lowest BCUT2D eigenvalue weighted by atomic mass is 9.99. The van der Waals surface area contributed by atoms with Crippen LogP contribution in [0.25, 0.3) is 0 Å². The summed E-state index contributed by atoms with van der Waals surface area (Å²) in [4.78, 5) is 25.1. The van der Waals surface area contributed by atoms with Crippen LogP contribution in [-0.2, 0) is 23.8 Å². The summed E-state index contributed by atoms with van der Waals surface area (Å²) in [6.45, 7) is 4.36. The molecule has 1 aliphatic heterocycles. The molecule has 0 radical (unpaired) electrons. The van der Waals surface area contributed by atoms with Crippen LogP contribution in [0, 0.1) is 0 Å². The standard InChI is InChI=1S/C79H151NO10/c1-3-5-7-9-11-13-15-47-51-55-59-63-67-75(84)88-68-64-60-56-52-48-44-42-40-38-36-34-32-30-28-26-24-22-20-18-16-17-19-21-23-25-27-29-31-33-35-37-39-41-43-46-50-54-58-62-66-74(83)80-71(70-89-79-78(87)77(86)76(85)73(69-81)90-79)72(82)65-61-57-53-49-45-14-12-10-8-6-4-2/h11,13,61,65,71-73,76-79,81-82,85-87H,3-10,12,14-60,62-64,66-70H2,1-2H3,(H,80,83)/b13-11-,65-61+. The summed E-state index contributed by atoms with van der Waals surface area (Å²) >= 11 is 0. The first-order chi connectivity index (χ1) is 44.2. The molecule has 90 heavy (non-hydrogen) atoms. The van der Waals surface area contributed by atoms with Gasteiger partial charge in [0.05, 0.1) is 32.0 Å². The van der Waals surface area contributed by atoms with Gasteiger partial charge >= 0.3 is 5.97 Å². The predicted molar refractivity (Wildman–Crippen MR) is 380 cm³/mol. The van der Waals surface area contributed by atoms with E-state index < -0.39 is 49.5 Å². The van der Waals surface area contributed by atoms with Crippen LogP contribution in [0.15, 0.2) is 24.3 Å². The molecule has 0 aromatic carbocycles. The van der Waals surface area contributed by atoms with Gasteiger partial charge in [-0.3, -0.25) is 9.59 Å². The number of hydrogen-bond donors (Lipinski definition) is 6. The van der Waals surface area contributed by atoms with Gasteiger partial charge < -0.3 is 45.1 Å². The van der Waals surface area contributed by atoms with E-state index in [0.717, 1.165) is 57.8 Å². The van der Waals surface area contributed by atoms with Crippen LogP contribution < -0.4 is 5.32 Å². The maximum absolute atomic E-state index is 13.1.